The minimum absolute atomic E-state index is 0.0357. The van der Waals surface area contributed by atoms with Crippen LogP contribution in [0.3, 0.4) is 0 Å². The Morgan fingerprint density at radius 2 is 2.12 bits per heavy atom. The van der Waals surface area contributed by atoms with Crippen molar-refractivity contribution in [3.05, 3.63) is 35.9 Å². The number of ketones is 1. The van der Waals surface area contributed by atoms with E-state index in [-0.39, 0.29) is 24.1 Å². The molecule has 2 aliphatic rings. The molecule has 0 radical (unpaired) electrons. The van der Waals surface area contributed by atoms with Crippen LogP contribution in [0.5, 0.6) is 0 Å². The lowest BCUT2D eigenvalue weighted by Crippen LogP contribution is -2.32. The van der Waals surface area contributed by atoms with Crippen LogP contribution in [-0.2, 0) is 20.9 Å². The Morgan fingerprint density at radius 3 is 2.81 bits per heavy atom. The first-order valence-electron chi connectivity index (χ1n) is 5.66. The van der Waals surface area contributed by atoms with Crippen LogP contribution in [0, 0.1) is 0 Å². The summed E-state index contributed by atoms with van der Waals surface area (Å²) >= 11 is 0. The van der Waals surface area contributed by atoms with E-state index in [0.29, 0.717) is 13.0 Å². The highest BCUT2D eigenvalue weighted by Crippen LogP contribution is 2.34. The highest BCUT2D eigenvalue weighted by molar-refractivity contribution is 5.87. The van der Waals surface area contributed by atoms with Gasteiger partial charge >= 0.3 is 0 Å². The number of hydrogen-bond donors (Lipinski definition) is 0. The van der Waals surface area contributed by atoms with Crippen LogP contribution < -0.4 is 0 Å². The van der Waals surface area contributed by atoms with Crippen molar-refractivity contribution >= 4 is 5.78 Å². The predicted octanol–water partition coefficient (Wildman–Crippen LogP) is 1.70. The van der Waals surface area contributed by atoms with E-state index >= 15 is 0 Å². The van der Waals surface area contributed by atoms with Crippen molar-refractivity contribution in [3.8, 4) is 0 Å². The Balaban J connectivity index is 1.59. The molecule has 3 rings (SSSR count). The third kappa shape index (κ3) is 1.77. The molecule has 0 N–H and O–H groups in total. The number of carbonyl (C=O) groups excluding carboxylic acids is 1. The van der Waals surface area contributed by atoms with Crippen LogP contribution in [0.25, 0.3) is 0 Å². The van der Waals surface area contributed by atoms with Crippen LogP contribution in [0.1, 0.15) is 18.4 Å². The second-order valence-electron chi connectivity index (χ2n) is 4.42. The fourth-order valence-corrected chi connectivity index (χ4v) is 2.42. The quantitative estimate of drug-likeness (QED) is 0.774. The summed E-state index contributed by atoms with van der Waals surface area (Å²) in [6.07, 6.45) is 1.22. The van der Waals surface area contributed by atoms with Gasteiger partial charge in [0.15, 0.2) is 5.78 Å². The molecule has 16 heavy (non-hydrogen) atoms. The van der Waals surface area contributed by atoms with Crippen molar-refractivity contribution in [2.75, 3.05) is 0 Å². The fourth-order valence-electron chi connectivity index (χ4n) is 2.42. The van der Waals surface area contributed by atoms with Crippen LogP contribution in [0.2, 0.25) is 0 Å². The highest BCUT2D eigenvalue weighted by atomic mass is 16.6. The number of ether oxygens (including phenoxy) is 2. The number of hydrogen-bond acceptors (Lipinski definition) is 3. The first-order valence-corrected chi connectivity index (χ1v) is 5.66. The molecule has 0 amide bonds. The third-order valence-corrected chi connectivity index (χ3v) is 3.23. The van der Waals surface area contributed by atoms with Crippen molar-refractivity contribution in [1.82, 2.24) is 0 Å². The summed E-state index contributed by atoms with van der Waals surface area (Å²) in [6.45, 7) is 0.561. The van der Waals surface area contributed by atoms with Gasteiger partial charge in [0.1, 0.15) is 6.10 Å². The Hall–Kier alpha value is -1.19. The zero-order chi connectivity index (χ0) is 11.0. The molecule has 2 aliphatic heterocycles. The van der Waals surface area contributed by atoms with E-state index < -0.39 is 0 Å². The number of fused-ring (bicyclic) bond motifs is 2. The maximum Gasteiger partial charge on any atom is 0.166 e. The Labute approximate surface area is 94.4 Å². The maximum absolute atomic E-state index is 11.5. The van der Waals surface area contributed by atoms with Gasteiger partial charge in [-0.25, -0.2) is 0 Å². The van der Waals surface area contributed by atoms with Crippen molar-refractivity contribution in [1.29, 1.82) is 0 Å². The molecule has 2 bridgehead atoms. The predicted molar refractivity (Wildman–Crippen MR) is 57.9 cm³/mol. The molecule has 1 aromatic carbocycles. The second-order valence-corrected chi connectivity index (χ2v) is 4.42. The molecular weight excluding hydrogens is 204 g/mol. The zero-order valence-corrected chi connectivity index (χ0v) is 8.96. The molecule has 3 heteroatoms. The van der Waals surface area contributed by atoms with Gasteiger partial charge in [-0.2, -0.15) is 0 Å². The molecular formula is C13H14O3. The van der Waals surface area contributed by atoms with Crippen LogP contribution in [0.4, 0.5) is 0 Å². The van der Waals surface area contributed by atoms with Crippen LogP contribution in [-0.4, -0.2) is 24.1 Å². The molecule has 0 spiro atoms. The molecule has 84 valence electrons. The first-order chi connectivity index (χ1) is 7.83. The van der Waals surface area contributed by atoms with E-state index in [4.69, 9.17) is 9.47 Å². The number of Topliss-reactive ketones (excluding diaryl/α,β-unsaturated/α-hetero) is 1. The molecule has 2 heterocycles. The van der Waals surface area contributed by atoms with Gasteiger partial charge in [0.25, 0.3) is 0 Å². The van der Waals surface area contributed by atoms with Gasteiger partial charge in [-0.1, -0.05) is 30.3 Å². The molecule has 3 atom stereocenters. The number of rotatable bonds is 3. The maximum atomic E-state index is 11.5. The van der Waals surface area contributed by atoms with Gasteiger partial charge in [-0.3, -0.25) is 4.79 Å². The Bertz CT molecular complexity index is 387. The van der Waals surface area contributed by atoms with Gasteiger partial charge < -0.3 is 9.47 Å². The first kappa shape index (κ1) is 10.00. The summed E-state index contributed by atoms with van der Waals surface area (Å²) in [6, 6.07) is 10.0. The molecule has 0 aromatic heterocycles. The van der Waals surface area contributed by atoms with Gasteiger partial charge in [0.2, 0.25) is 0 Å². The van der Waals surface area contributed by atoms with E-state index in [9.17, 15) is 4.79 Å². The number of benzene rings is 1. The standard InChI is InChI=1S/C13H14O3/c14-11-6-10-7-12(13(11)16-10)15-8-9-4-2-1-3-5-9/h1-5,10,12-13H,6-8H2/t10-,12+,13-/m0/s1. The molecule has 3 nitrogen and oxygen atoms in total. The van der Waals surface area contributed by atoms with Crippen molar-refractivity contribution in [3.63, 3.8) is 0 Å². The summed E-state index contributed by atoms with van der Waals surface area (Å²) < 4.78 is 11.3. The fraction of sp³-hybridized carbons (Fsp3) is 0.462. The van der Waals surface area contributed by atoms with Gasteiger partial charge in [-0.05, 0) is 5.56 Å². The molecule has 0 unspecified atom stereocenters. The summed E-state index contributed by atoms with van der Waals surface area (Å²) in [5.41, 5.74) is 1.14. The SMILES string of the molecule is O=C1C[C@H]2C[C@@H](OCc3ccccc3)[C@H]1O2. The smallest absolute Gasteiger partial charge is 0.166 e. The highest BCUT2D eigenvalue weighted by Gasteiger charge is 2.47. The van der Waals surface area contributed by atoms with Crippen molar-refractivity contribution in [2.45, 2.75) is 37.8 Å². The van der Waals surface area contributed by atoms with E-state index in [0.717, 1.165) is 12.0 Å². The Kier molecular flexibility index (Phi) is 2.50. The zero-order valence-electron chi connectivity index (χ0n) is 8.96. The molecule has 1 aromatic rings. The monoisotopic (exact) mass is 218 g/mol. The van der Waals surface area contributed by atoms with E-state index in [1.54, 1.807) is 0 Å². The molecule has 2 fully saturated rings. The average molecular weight is 218 g/mol. The minimum atomic E-state index is -0.297. The molecule has 0 aliphatic carbocycles. The molecule has 0 saturated carbocycles. The average Bonchev–Trinajstić information content (AvgIpc) is 2.86. The number of carbonyl (C=O) groups is 1. The third-order valence-electron chi connectivity index (χ3n) is 3.23. The van der Waals surface area contributed by atoms with Crippen LogP contribution >= 0.6 is 0 Å². The summed E-state index contributed by atoms with van der Waals surface area (Å²) in [5.74, 6) is 0.203. The lowest BCUT2D eigenvalue weighted by atomic mass is 9.96. The summed E-state index contributed by atoms with van der Waals surface area (Å²) in [5, 5.41) is 0. The van der Waals surface area contributed by atoms with Crippen molar-refractivity contribution < 1.29 is 14.3 Å². The van der Waals surface area contributed by atoms with Crippen molar-refractivity contribution in [2.24, 2.45) is 0 Å². The normalized spacial score (nSPS) is 32.2. The lowest BCUT2D eigenvalue weighted by Gasteiger charge is -2.18. The molecule has 2 saturated heterocycles. The second kappa shape index (κ2) is 4.00. The summed E-state index contributed by atoms with van der Waals surface area (Å²) in [7, 11) is 0. The van der Waals surface area contributed by atoms with E-state index in [1.807, 2.05) is 30.3 Å². The van der Waals surface area contributed by atoms with Crippen LogP contribution in [0.15, 0.2) is 30.3 Å². The Morgan fingerprint density at radius 1 is 1.31 bits per heavy atom. The van der Waals surface area contributed by atoms with Gasteiger partial charge in [0.05, 0.1) is 18.8 Å². The van der Waals surface area contributed by atoms with E-state index in [1.165, 1.54) is 0 Å². The lowest BCUT2D eigenvalue weighted by molar-refractivity contribution is -0.127. The topological polar surface area (TPSA) is 35.5 Å². The summed E-state index contributed by atoms with van der Waals surface area (Å²) in [4.78, 5) is 11.5. The minimum Gasteiger partial charge on any atom is -0.370 e. The van der Waals surface area contributed by atoms with Gasteiger partial charge in [-0.15, -0.1) is 0 Å². The largest absolute Gasteiger partial charge is 0.370 e. The van der Waals surface area contributed by atoms with E-state index in [2.05, 4.69) is 0 Å². The van der Waals surface area contributed by atoms with Gasteiger partial charge in [0, 0.05) is 12.8 Å².